The first-order valence-corrected chi connectivity index (χ1v) is 10.5. The Bertz CT molecular complexity index is 842. The largest absolute Gasteiger partial charge is 0.480 e. The molecule has 30 heavy (non-hydrogen) atoms. The lowest BCUT2D eigenvalue weighted by Gasteiger charge is -2.17. The van der Waals surface area contributed by atoms with E-state index in [2.05, 4.69) is 27.8 Å². The Morgan fingerprint density at radius 1 is 1.13 bits per heavy atom. The summed E-state index contributed by atoms with van der Waals surface area (Å²) in [5.74, 6) is -0.433. The number of aliphatic carboxylic acids is 1. The van der Waals surface area contributed by atoms with Crippen molar-refractivity contribution in [3.05, 3.63) is 59.3 Å². The highest BCUT2D eigenvalue weighted by atomic mass is 16.5. The first kappa shape index (κ1) is 21.8. The van der Waals surface area contributed by atoms with Gasteiger partial charge in [0.1, 0.15) is 11.9 Å². The molecule has 0 spiro atoms. The third kappa shape index (κ3) is 6.56. The highest BCUT2D eigenvalue weighted by Crippen LogP contribution is 2.20. The Morgan fingerprint density at radius 3 is 2.77 bits per heavy atom. The van der Waals surface area contributed by atoms with Gasteiger partial charge in [-0.15, -0.1) is 0 Å². The van der Waals surface area contributed by atoms with Crippen LogP contribution in [-0.4, -0.2) is 47.8 Å². The van der Waals surface area contributed by atoms with Crippen LogP contribution in [0.1, 0.15) is 47.3 Å². The van der Waals surface area contributed by atoms with Crippen molar-refractivity contribution in [2.75, 3.05) is 25.1 Å². The van der Waals surface area contributed by atoms with Crippen molar-refractivity contribution in [2.45, 2.75) is 44.6 Å². The molecule has 0 bridgehead atoms. The molecule has 1 amide bonds. The van der Waals surface area contributed by atoms with Gasteiger partial charge < -0.3 is 20.5 Å². The number of carboxylic acid groups (broad SMARTS) is 1. The minimum absolute atomic E-state index is 0.228. The van der Waals surface area contributed by atoms with Crippen LogP contribution in [0.3, 0.4) is 0 Å². The number of amides is 1. The molecule has 2 aromatic rings. The summed E-state index contributed by atoms with van der Waals surface area (Å²) < 4.78 is 5.58. The fourth-order valence-corrected chi connectivity index (χ4v) is 3.41. The van der Waals surface area contributed by atoms with Gasteiger partial charge in [-0.1, -0.05) is 24.3 Å². The number of aryl methyl sites for hydroxylation is 2. The van der Waals surface area contributed by atoms with Gasteiger partial charge in [0.25, 0.3) is 5.91 Å². The number of anilines is 1. The van der Waals surface area contributed by atoms with Gasteiger partial charge in [0, 0.05) is 37.4 Å². The minimum Gasteiger partial charge on any atom is -0.480 e. The van der Waals surface area contributed by atoms with E-state index in [0.29, 0.717) is 12.2 Å². The van der Waals surface area contributed by atoms with Crippen LogP contribution >= 0.6 is 0 Å². The molecule has 1 aromatic heterocycles. The first-order valence-electron chi connectivity index (χ1n) is 10.5. The van der Waals surface area contributed by atoms with E-state index in [1.807, 2.05) is 0 Å². The summed E-state index contributed by atoms with van der Waals surface area (Å²) in [5, 5.41) is 15.2. The van der Waals surface area contributed by atoms with Crippen LogP contribution in [0.4, 0.5) is 5.82 Å². The summed E-state index contributed by atoms with van der Waals surface area (Å²) >= 11 is 0. The maximum atomic E-state index is 12.1. The Labute approximate surface area is 176 Å². The van der Waals surface area contributed by atoms with Crippen LogP contribution in [0.2, 0.25) is 0 Å². The number of pyridine rings is 1. The standard InChI is InChI=1S/C23H29N3O4/c27-22(18-7-2-1-3-8-18)26-20(23(28)29)13-16-30-15-5-4-10-19-12-11-17-9-6-14-24-21(17)25-19/h1-3,7-8,11-12,20H,4-6,9-10,13-16H2,(H,24,25)(H,26,27)(H,28,29)/t20-/m0/s1. The highest BCUT2D eigenvalue weighted by Gasteiger charge is 2.20. The molecule has 1 aliphatic heterocycles. The van der Waals surface area contributed by atoms with Crippen molar-refractivity contribution >= 4 is 17.7 Å². The van der Waals surface area contributed by atoms with E-state index in [-0.39, 0.29) is 13.0 Å². The van der Waals surface area contributed by atoms with E-state index in [1.54, 1.807) is 30.3 Å². The molecule has 160 valence electrons. The van der Waals surface area contributed by atoms with Crippen molar-refractivity contribution in [3.8, 4) is 0 Å². The molecule has 0 fully saturated rings. The number of benzene rings is 1. The van der Waals surface area contributed by atoms with Crippen LogP contribution < -0.4 is 10.6 Å². The Morgan fingerprint density at radius 2 is 1.97 bits per heavy atom. The smallest absolute Gasteiger partial charge is 0.326 e. The number of fused-ring (bicyclic) bond motifs is 1. The molecule has 0 radical (unpaired) electrons. The number of ether oxygens (including phenoxy) is 1. The molecule has 0 aliphatic carbocycles. The van der Waals surface area contributed by atoms with Crippen molar-refractivity contribution < 1.29 is 19.4 Å². The molecule has 0 saturated carbocycles. The van der Waals surface area contributed by atoms with Crippen LogP contribution in [0.25, 0.3) is 0 Å². The lowest BCUT2D eigenvalue weighted by atomic mass is 10.1. The van der Waals surface area contributed by atoms with Gasteiger partial charge in [-0.3, -0.25) is 4.79 Å². The molecule has 1 atom stereocenters. The number of nitrogens with zero attached hydrogens (tertiary/aromatic N) is 1. The molecular weight excluding hydrogens is 382 g/mol. The average Bonchev–Trinajstić information content (AvgIpc) is 2.77. The van der Waals surface area contributed by atoms with Crippen molar-refractivity contribution in [1.29, 1.82) is 0 Å². The summed E-state index contributed by atoms with van der Waals surface area (Å²) in [7, 11) is 0. The third-order valence-electron chi connectivity index (χ3n) is 5.11. The van der Waals surface area contributed by atoms with Crippen molar-refractivity contribution in [1.82, 2.24) is 10.3 Å². The number of hydrogen-bond donors (Lipinski definition) is 3. The molecular formula is C23H29N3O4. The number of carbonyl (C=O) groups is 2. The maximum absolute atomic E-state index is 12.1. The molecule has 3 N–H and O–H groups in total. The number of carboxylic acids is 1. The van der Waals surface area contributed by atoms with Crippen LogP contribution in [-0.2, 0) is 22.4 Å². The second-order valence-corrected chi connectivity index (χ2v) is 7.43. The molecule has 7 nitrogen and oxygen atoms in total. The van der Waals surface area contributed by atoms with Crippen molar-refractivity contribution in [3.63, 3.8) is 0 Å². The third-order valence-corrected chi connectivity index (χ3v) is 5.11. The van der Waals surface area contributed by atoms with Crippen molar-refractivity contribution in [2.24, 2.45) is 0 Å². The summed E-state index contributed by atoms with van der Waals surface area (Å²) in [6, 6.07) is 11.9. The number of rotatable bonds is 11. The van der Waals surface area contributed by atoms with Gasteiger partial charge in [-0.05, 0) is 55.9 Å². The second kappa shape index (κ2) is 11.3. The minimum atomic E-state index is -1.06. The Kier molecular flexibility index (Phi) is 8.20. The fourth-order valence-electron chi connectivity index (χ4n) is 3.41. The highest BCUT2D eigenvalue weighted by molar-refractivity contribution is 5.96. The molecule has 2 heterocycles. The molecule has 0 unspecified atom stereocenters. The topological polar surface area (TPSA) is 101 Å². The molecule has 7 heteroatoms. The normalized spacial score (nSPS) is 13.7. The predicted molar refractivity (Wildman–Crippen MR) is 115 cm³/mol. The van der Waals surface area contributed by atoms with Gasteiger partial charge >= 0.3 is 5.97 Å². The van der Waals surface area contributed by atoms with Gasteiger partial charge in [-0.2, -0.15) is 0 Å². The zero-order chi connectivity index (χ0) is 21.2. The van der Waals surface area contributed by atoms with Crippen LogP contribution in [0, 0.1) is 0 Å². The van der Waals surface area contributed by atoms with E-state index >= 15 is 0 Å². The molecule has 0 saturated heterocycles. The zero-order valence-electron chi connectivity index (χ0n) is 17.1. The maximum Gasteiger partial charge on any atom is 0.326 e. The molecule has 3 rings (SSSR count). The lowest BCUT2D eigenvalue weighted by Crippen LogP contribution is -2.41. The number of aromatic nitrogens is 1. The molecule has 1 aliphatic rings. The lowest BCUT2D eigenvalue weighted by molar-refractivity contribution is -0.139. The van der Waals surface area contributed by atoms with Gasteiger partial charge in [0.05, 0.1) is 0 Å². The summed E-state index contributed by atoms with van der Waals surface area (Å²) in [6.45, 7) is 1.83. The number of nitrogens with one attached hydrogen (secondary N) is 2. The van der Waals surface area contributed by atoms with E-state index < -0.39 is 17.9 Å². The van der Waals surface area contributed by atoms with E-state index in [9.17, 15) is 14.7 Å². The quantitative estimate of drug-likeness (QED) is 0.492. The number of carbonyl (C=O) groups excluding carboxylic acids is 1. The summed E-state index contributed by atoms with van der Waals surface area (Å²) in [5.41, 5.74) is 2.81. The van der Waals surface area contributed by atoms with E-state index in [4.69, 9.17) is 4.74 Å². The Hall–Kier alpha value is -2.93. The SMILES string of the molecule is O=C(N[C@@H](CCOCCCCc1ccc2c(n1)NCCC2)C(=O)O)c1ccccc1. The van der Waals surface area contributed by atoms with E-state index in [0.717, 1.165) is 50.2 Å². The van der Waals surface area contributed by atoms with Gasteiger partial charge in [-0.25, -0.2) is 9.78 Å². The predicted octanol–water partition coefficient (Wildman–Crippen LogP) is 3.05. The summed E-state index contributed by atoms with van der Waals surface area (Å²) in [4.78, 5) is 28.2. The van der Waals surface area contributed by atoms with Crippen LogP contribution in [0.15, 0.2) is 42.5 Å². The monoisotopic (exact) mass is 411 g/mol. The average molecular weight is 412 g/mol. The first-order chi connectivity index (χ1) is 14.6. The van der Waals surface area contributed by atoms with Gasteiger partial charge in [0.2, 0.25) is 0 Å². The zero-order valence-corrected chi connectivity index (χ0v) is 17.1. The fraction of sp³-hybridized carbons (Fsp3) is 0.435. The van der Waals surface area contributed by atoms with Gasteiger partial charge in [0.15, 0.2) is 0 Å². The summed E-state index contributed by atoms with van der Waals surface area (Å²) in [6.07, 6.45) is 5.20. The number of unbranched alkanes of at least 4 members (excludes halogenated alkanes) is 1. The second-order valence-electron chi connectivity index (χ2n) is 7.43. The molecule has 1 aromatic carbocycles. The Balaban J connectivity index is 1.31. The van der Waals surface area contributed by atoms with E-state index in [1.165, 1.54) is 5.56 Å². The van der Waals surface area contributed by atoms with Crippen LogP contribution in [0.5, 0.6) is 0 Å². The number of hydrogen-bond acceptors (Lipinski definition) is 5.